The molecule has 0 N–H and O–H groups in total. The van der Waals surface area contributed by atoms with Gasteiger partial charge in [-0.1, -0.05) is 183 Å². The maximum Gasteiger partial charge on any atom is 0.0468 e. The minimum Gasteiger partial charge on any atom is -0.311 e. The van der Waals surface area contributed by atoms with Crippen molar-refractivity contribution in [2.45, 2.75) is 0 Å². The standard InChI is InChI=1S/C74H56N4/c1-3-26-57(4-2)75(58-27-12-5-13-28-58)67-49-51-69-71(53-67)73(55-41-45-65(46-42-55)76(59-29-14-6-15-30-59)60-31-16-7-17-32-60)70-52-50-68(78(63-37-22-10-23-38-63)64-39-24-11-25-40-64)54-72(70)74(69)56-43-47-66(48-44-56)77(61-33-18-8-19-34-61)62-35-20-9-21-36-62/h3-54H,1-2H2/b57-26+. The summed E-state index contributed by atoms with van der Waals surface area (Å²) in [5.74, 6) is 0. The number of hydrogen-bond donors (Lipinski definition) is 0. The molecule has 0 bridgehead atoms. The molecule has 0 spiro atoms. The number of allylic oxidation sites excluding steroid dienone is 3. The third-order valence-corrected chi connectivity index (χ3v) is 14.3. The van der Waals surface area contributed by atoms with Gasteiger partial charge in [0.1, 0.15) is 0 Å². The van der Waals surface area contributed by atoms with Crippen molar-refractivity contribution in [2.75, 3.05) is 19.6 Å². The fraction of sp³-hybridized carbons (Fsp3) is 0. The molecule has 0 aliphatic carbocycles. The lowest BCUT2D eigenvalue weighted by Gasteiger charge is -2.29. The van der Waals surface area contributed by atoms with Crippen molar-refractivity contribution >= 4 is 84.1 Å². The Morgan fingerprint density at radius 3 is 0.846 bits per heavy atom. The van der Waals surface area contributed by atoms with Crippen molar-refractivity contribution in [3.8, 4) is 22.3 Å². The van der Waals surface area contributed by atoms with Gasteiger partial charge in [-0.05, 0) is 189 Å². The van der Waals surface area contributed by atoms with Crippen LogP contribution in [0.5, 0.6) is 0 Å². The molecule has 12 aromatic rings. The number of nitrogens with zero attached hydrogens (tertiary/aromatic N) is 4. The first kappa shape index (κ1) is 48.5. The van der Waals surface area contributed by atoms with E-state index in [9.17, 15) is 0 Å². The lowest BCUT2D eigenvalue weighted by molar-refractivity contribution is 1.21. The van der Waals surface area contributed by atoms with Crippen LogP contribution in [0.3, 0.4) is 0 Å². The van der Waals surface area contributed by atoms with E-state index in [1.54, 1.807) is 0 Å². The SMILES string of the molecule is C=C/C=C(\C=C)N(c1ccccc1)c1ccc2c(-c3ccc(N(c4ccccc4)c4ccccc4)cc3)c3cc(N(c4ccccc4)c4ccccc4)ccc3c(-c3ccc(N(c4ccccc4)c4ccccc4)cc3)c2c1. The van der Waals surface area contributed by atoms with Gasteiger partial charge in [0.25, 0.3) is 0 Å². The summed E-state index contributed by atoms with van der Waals surface area (Å²) in [6.07, 6.45) is 5.74. The third-order valence-electron chi connectivity index (χ3n) is 14.3. The average Bonchev–Trinajstić information content (AvgIpc) is 3.70. The van der Waals surface area contributed by atoms with E-state index in [0.29, 0.717) is 0 Å². The molecular weight excluding hydrogens is 945 g/mol. The van der Waals surface area contributed by atoms with Crippen LogP contribution in [0.25, 0.3) is 43.8 Å². The van der Waals surface area contributed by atoms with Gasteiger partial charge in [-0.15, -0.1) is 0 Å². The van der Waals surface area contributed by atoms with Crippen LogP contribution < -0.4 is 19.6 Å². The topological polar surface area (TPSA) is 13.0 Å². The highest BCUT2D eigenvalue weighted by Gasteiger charge is 2.24. The van der Waals surface area contributed by atoms with Crippen molar-refractivity contribution in [3.63, 3.8) is 0 Å². The van der Waals surface area contributed by atoms with Gasteiger partial charge in [0, 0.05) is 68.3 Å². The molecule has 78 heavy (non-hydrogen) atoms. The van der Waals surface area contributed by atoms with Gasteiger partial charge in [0.2, 0.25) is 0 Å². The second-order valence-electron chi connectivity index (χ2n) is 19.0. The van der Waals surface area contributed by atoms with Crippen LogP contribution in [-0.2, 0) is 0 Å². The predicted octanol–water partition coefficient (Wildman–Crippen LogP) is 21.1. The minimum atomic E-state index is 0.910. The summed E-state index contributed by atoms with van der Waals surface area (Å²) in [5.41, 5.74) is 17.1. The molecule has 0 saturated heterocycles. The maximum atomic E-state index is 4.29. The van der Waals surface area contributed by atoms with Crippen LogP contribution >= 0.6 is 0 Å². The molecule has 0 saturated carbocycles. The molecule has 0 aliphatic heterocycles. The molecule has 0 fully saturated rings. The first-order chi connectivity index (χ1) is 38.6. The number of rotatable bonds is 16. The summed E-state index contributed by atoms with van der Waals surface area (Å²) >= 11 is 0. The number of fused-ring (bicyclic) bond motifs is 2. The lowest BCUT2D eigenvalue weighted by atomic mass is 9.85. The molecule has 0 atom stereocenters. The van der Waals surface area contributed by atoms with Crippen LogP contribution in [0, 0.1) is 0 Å². The summed E-state index contributed by atoms with van der Waals surface area (Å²) in [7, 11) is 0. The summed E-state index contributed by atoms with van der Waals surface area (Å²) in [6, 6.07) is 106. The van der Waals surface area contributed by atoms with Crippen molar-refractivity contribution in [1.82, 2.24) is 0 Å². The van der Waals surface area contributed by atoms with Crippen LogP contribution in [0.2, 0.25) is 0 Å². The Hall–Kier alpha value is -10.4. The zero-order valence-corrected chi connectivity index (χ0v) is 43.2. The van der Waals surface area contributed by atoms with Crippen molar-refractivity contribution < 1.29 is 0 Å². The van der Waals surface area contributed by atoms with E-state index in [2.05, 4.69) is 330 Å². The van der Waals surface area contributed by atoms with Gasteiger partial charge in [0.05, 0.1) is 0 Å². The Kier molecular flexibility index (Phi) is 13.8. The Morgan fingerprint density at radius 2 is 0.526 bits per heavy atom. The number of hydrogen-bond acceptors (Lipinski definition) is 4. The summed E-state index contributed by atoms with van der Waals surface area (Å²) in [5, 5.41) is 4.50. The van der Waals surface area contributed by atoms with Crippen LogP contribution in [-0.4, -0.2) is 0 Å². The van der Waals surface area contributed by atoms with Gasteiger partial charge < -0.3 is 19.6 Å². The van der Waals surface area contributed by atoms with Crippen molar-refractivity contribution in [2.24, 2.45) is 0 Å². The van der Waals surface area contributed by atoms with Gasteiger partial charge >= 0.3 is 0 Å². The fourth-order valence-electron chi connectivity index (χ4n) is 10.8. The van der Waals surface area contributed by atoms with Gasteiger partial charge in [-0.3, -0.25) is 0 Å². The van der Waals surface area contributed by atoms with E-state index >= 15 is 0 Å². The molecular formula is C74H56N4. The Labute approximate surface area is 457 Å². The second kappa shape index (κ2) is 22.2. The van der Waals surface area contributed by atoms with Crippen molar-refractivity contribution in [1.29, 1.82) is 0 Å². The Bertz CT molecular complexity index is 3900. The molecule has 0 aliphatic rings. The summed E-state index contributed by atoms with van der Waals surface area (Å²) in [6.45, 7) is 8.40. The average molecular weight is 1000 g/mol. The largest absolute Gasteiger partial charge is 0.311 e. The molecule has 4 nitrogen and oxygen atoms in total. The number of anilines is 11. The van der Waals surface area contributed by atoms with Crippen molar-refractivity contribution in [3.05, 3.63) is 334 Å². The molecule has 0 amide bonds. The van der Waals surface area contributed by atoms with E-state index in [0.717, 1.165) is 112 Å². The minimum absolute atomic E-state index is 0.910. The molecule has 0 heterocycles. The number of benzene rings is 12. The van der Waals surface area contributed by atoms with Gasteiger partial charge in [-0.25, -0.2) is 0 Å². The van der Waals surface area contributed by atoms with Crippen LogP contribution in [0.4, 0.5) is 62.6 Å². The Morgan fingerprint density at radius 1 is 0.256 bits per heavy atom. The normalized spacial score (nSPS) is 11.3. The fourth-order valence-corrected chi connectivity index (χ4v) is 10.8. The molecule has 4 heteroatoms. The molecule has 0 unspecified atom stereocenters. The molecule has 0 aromatic heterocycles. The first-order valence-corrected chi connectivity index (χ1v) is 26.4. The quantitative estimate of drug-likeness (QED) is 0.0706. The lowest BCUT2D eigenvalue weighted by Crippen LogP contribution is -2.15. The second-order valence-corrected chi connectivity index (χ2v) is 19.0. The zero-order valence-electron chi connectivity index (χ0n) is 43.2. The van der Waals surface area contributed by atoms with Gasteiger partial charge in [0.15, 0.2) is 0 Å². The highest BCUT2D eigenvalue weighted by molar-refractivity contribution is 6.22. The predicted molar refractivity (Wildman–Crippen MR) is 333 cm³/mol. The summed E-state index contributed by atoms with van der Waals surface area (Å²) < 4.78 is 0. The van der Waals surface area contributed by atoms with Crippen LogP contribution in [0.15, 0.2) is 334 Å². The zero-order chi connectivity index (χ0) is 52.6. The van der Waals surface area contributed by atoms with Gasteiger partial charge in [-0.2, -0.15) is 0 Å². The Balaban J connectivity index is 1.14. The highest BCUT2D eigenvalue weighted by atomic mass is 15.2. The summed E-state index contributed by atoms with van der Waals surface area (Å²) in [4.78, 5) is 9.25. The molecule has 12 rings (SSSR count). The molecule has 372 valence electrons. The van der Waals surface area contributed by atoms with E-state index < -0.39 is 0 Å². The van der Waals surface area contributed by atoms with E-state index in [1.165, 1.54) is 0 Å². The van der Waals surface area contributed by atoms with E-state index in [-0.39, 0.29) is 0 Å². The van der Waals surface area contributed by atoms with E-state index in [1.807, 2.05) is 18.2 Å². The first-order valence-electron chi connectivity index (χ1n) is 26.4. The third kappa shape index (κ3) is 9.62. The van der Waals surface area contributed by atoms with Crippen LogP contribution in [0.1, 0.15) is 0 Å². The monoisotopic (exact) mass is 1000 g/mol. The number of para-hydroxylation sites is 7. The maximum absolute atomic E-state index is 4.29. The van der Waals surface area contributed by atoms with E-state index in [4.69, 9.17) is 0 Å². The smallest absolute Gasteiger partial charge is 0.0468 e. The molecule has 0 radical (unpaired) electrons. The molecule has 12 aromatic carbocycles. The highest BCUT2D eigenvalue weighted by Crippen LogP contribution is 2.49.